The lowest BCUT2D eigenvalue weighted by Gasteiger charge is -2.24. The van der Waals surface area contributed by atoms with E-state index in [1.165, 1.54) is 19.1 Å². The Hall–Kier alpha value is -4.36. The third-order valence-electron chi connectivity index (χ3n) is 4.87. The molecular weight excluding hydrogens is 552 g/mol. The van der Waals surface area contributed by atoms with E-state index in [-0.39, 0.29) is 25.3 Å². The Morgan fingerprint density at radius 2 is 1.38 bits per heavy atom. The third-order valence-corrected chi connectivity index (χ3v) is 4.87. The number of hydrogen-bond donors (Lipinski definition) is 4. The molecule has 0 aliphatic carbocycles. The van der Waals surface area contributed by atoms with E-state index in [0.717, 1.165) is 0 Å². The number of carbonyl (C=O) groups is 6. The van der Waals surface area contributed by atoms with Gasteiger partial charge in [-0.1, -0.05) is 12.1 Å². The smallest absolute Gasteiger partial charge is 0.465 e. The topological polar surface area (TPSA) is 187 Å². The first-order valence-corrected chi connectivity index (χ1v) is 13.4. The molecule has 0 aromatic heterocycles. The summed E-state index contributed by atoms with van der Waals surface area (Å²) in [5.41, 5.74) is -0.958. The SMILES string of the molecule is CCOC(=O)CNC(=O)CNC(=O)[C@H](C)NC(=O)C(Cc1ccc(OC(=O)OC(C)(C)C)cc1)NC(=O)OC(C)(C)C. The molecule has 0 aliphatic heterocycles. The van der Waals surface area contributed by atoms with Crippen LogP contribution in [0, 0.1) is 0 Å². The summed E-state index contributed by atoms with van der Waals surface area (Å²) >= 11 is 0. The molecule has 234 valence electrons. The van der Waals surface area contributed by atoms with E-state index < -0.39 is 65.8 Å². The number of carbonyl (C=O) groups excluding carboxylic acids is 6. The van der Waals surface area contributed by atoms with Crippen molar-refractivity contribution in [2.75, 3.05) is 19.7 Å². The average molecular weight is 595 g/mol. The minimum Gasteiger partial charge on any atom is -0.465 e. The maximum atomic E-state index is 13.1. The van der Waals surface area contributed by atoms with Crippen molar-refractivity contribution in [2.24, 2.45) is 0 Å². The fraction of sp³-hybridized carbons (Fsp3) is 0.571. The Morgan fingerprint density at radius 1 is 0.786 bits per heavy atom. The van der Waals surface area contributed by atoms with E-state index in [9.17, 15) is 28.8 Å². The molecule has 0 aliphatic rings. The minimum absolute atomic E-state index is 0.00238. The van der Waals surface area contributed by atoms with E-state index >= 15 is 0 Å². The van der Waals surface area contributed by atoms with Crippen LogP contribution >= 0.6 is 0 Å². The monoisotopic (exact) mass is 594 g/mol. The zero-order valence-electron chi connectivity index (χ0n) is 25.4. The highest BCUT2D eigenvalue weighted by Gasteiger charge is 2.27. The van der Waals surface area contributed by atoms with Crippen molar-refractivity contribution in [1.29, 1.82) is 0 Å². The van der Waals surface area contributed by atoms with Gasteiger partial charge in [-0.05, 0) is 73.1 Å². The van der Waals surface area contributed by atoms with Crippen molar-refractivity contribution in [3.63, 3.8) is 0 Å². The predicted molar refractivity (Wildman–Crippen MR) is 150 cm³/mol. The maximum Gasteiger partial charge on any atom is 0.514 e. The lowest BCUT2D eigenvalue weighted by Crippen LogP contribution is -2.54. The molecule has 0 saturated heterocycles. The van der Waals surface area contributed by atoms with Gasteiger partial charge in [-0.3, -0.25) is 19.2 Å². The Bertz CT molecular complexity index is 1110. The van der Waals surface area contributed by atoms with Gasteiger partial charge in [0.1, 0.15) is 35.6 Å². The van der Waals surface area contributed by atoms with Crippen LogP contribution in [0.4, 0.5) is 9.59 Å². The molecule has 0 fully saturated rings. The highest BCUT2D eigenvalue weighted by molar-refractivity contribution is 5.93. The molecule has 0 radical (unpaired) electrons. The van der Waals surface area contributed by atoms with E-state index in [1.807, 2.05) is 0 Å². The van der Waals surface area contributed by atoms with Crippen LogP contribution in [0.25, 0.3) is 0 Å². The molecule has 14 heteroatoms. The molecule has 0 bridgehead atoms. The average Bonchev–Trinajstić information content (AvgIpc) is 2.84. The van der Waals surface area contributed by atoms with Crippen molar-refractivity contribution < 1.29 is 47.7 Å². The standard InChI is InChI=1S/C28H42N4O10/c1-9-39-22(34)16-29-21(33)15-30-23(35)17(2)31-24(36)20(32-25(37)41-27(3,4)5)14-18-10-12-19(13-11-18)40-26(38)42-28(6,7)8/h10-13,17,20H,9,14-16H2,1-8H3,(H,29,33)(H,30,35)(H,31,36)(H,32,37)/t17-,20?/m0/s1. The number of nitrogens with one attached hydrogen (secondary N) is 4. The molecule has 0 saturated carbocycles. The number of ether oxygens (including phenoxy) is 4. The van der Waals surface area contributed by atoms with Crippen molar-refractivity contribution in [3.8, 4) is 5.75 Å². The Kier molecular flexibility index (Phi) is 13.7. The maximum absolute atomic E-state index is 13.1. The van der Waals surface area contributed by atoms with Gasteiger partial charge in [-0.25, -0.2) is 9.59 Å². The molecule has 0 spiro atoms. The van der Waals surface area contributed by atoms with E-state index in [2.05, 4.69) is 21.3 Å². The van der Waals surface area contributed by atoms with Crippen molar-refractivity contribution in [1.82, 2.24) is 21.3 Å². The molecule has 0 heterocycles. The summed E-state index contributed by atoms with van der Waals surface area (Å²) in [7, 11) is 0. The van der Waals surface area contributed by atoms with Crippen LogP contribution in [-0.4, -0.2) is 78.9 Å². The highest BCUT2D eigenvalue weighted by Crippen LogP contribution is 2.17. The van der Waals surface area contributed by atoms with Crippen molar-refractivity contribution in [3.05, 3.63) is 29.8 Å². The molecular formula is C28H42N4O10. The van der Waals surface area contributed by atoms with Crippen LogP contribution < -0.4 is 26.0 Å². The second-order valence-corrected chi connectivity index (χ2v) is 11.1. The van der Waals surface area contributed by atoms with Crippen LogP contribution in [0.3, 0.4) is 0 Å². The quantitative estimate of drug-likeness (QED) is 0.158. The summed E-state index contributed by atoms with van der Waals surface area (Å²) in [6, 6.07) is 3.97. The van der Waals surface area contributed by atoms with Gasteiger partial charge < -0.3 is 40.2 Å². The predicted octanol–water partition coefficient (Wildman–Crippen LogP) is 1.74. The largest absolute Gasteiger partial charge is 0.514 e. The second-order valence-electron chi connectivity index (χ2n) is 11.1. The van der Waals surface area contributed by atoms with Gasteiger partial charge in [0.15, 0.2) is 0 Å². The molecule has 2 atom stereocenters. The van der Waals surface area contributed by atoms with Crippen LogP contribution in [0.1, 0.15) is 61.0 Å². The number of esters is 1. The zero-order valence-corrected chi connectivity index (χ0v) is 25.4. The molecule has 1 unspecified atom stereocenters. The van der Waals surface area contributed by atoms with Gasteiger partial charge in [0.05, 0.1) is 13.2 Å². The molecule has 4 amide bonds. The van der Waals surface area contributed by atoms with Gasteiger partial charge in [0.25, 0.3) is 0 Å². The Morgan fingerprint density at radius 3 is 1.93 bits per heavy atom. The molecule has 4 N–H and O–H groups in total. The number of alkyl carbamates (subject to hydrolysis) is 1. The fourth-order valence-electron chi connectivity index (χ4n) is 3.10. The number of hydrogen-bond acceptors (Lipinski definition) is 10. The summed E-state index contributed by atoms with van der Waals surface area (Å²) in [5, 5.41) is 9.67. The fourth-order valence-corrected chi connectivity index (χ4v) is 3.10. The number of rotatable bonds is 12. The van der Waals surface area contributed by atoms with Crippen LogP contribution in [-0.2, 0) is 39.8 Å². The summed E-state index contributed by atoms with van der Waals surface area (Å²) in [6.07, 6.45) is -1.71. The van der Waals surface area contributed by atoms with E-state index in [4.69, 9.17) is 18.9 Å². The first-order valence-electron chi connectivity index (χ1n) is 13.4. The summed E-state index contributed by atoms with van der Waals surface area (Å²) in [5.74, 6) is -2.39. The third kappa shape index (κ3) is 15.4. The molecule has 1 aromatic rings. The minimum atomic E-state index is -1.15. The first-order chi connectivity index (χ1) is 19.4. The molecule has 1 rings (SSSR count). The molecule has 1 aromatic carbocycles. The number of benzene rings is 1. The molecule has 14 nitrogen and oxygen atoms in total. The Balaban J connectivity index is 2.85. The van der Waals surface area contributed by atoms with E-state index in [0.29, 0.717) is 5.56 Å². The highest BCUT2D eigenvalue weighted by atomic mass is 16.7. The zero-order chi connectivity index (χ0) is 32.1. The lowest BCUT2D eigenvalue weighted by molar-refractivity contribution is -0.143. The van der Waals surface area contributed by atoms with Gasteiger partial charge in [0.2, 0.25) is 17.7 Å². The molecule has 42 heavy (non-hydrogen) atoms. The van der Waals surface area contributed by atoms with Crippen LogP contribution in [0.2, 0.25) is 0 Å². The van der Waals surface area contributed by atoms with Gasteiger partial charge in [-0.2, -0.15) is 0 Å². The van der Waals surface area contributed by atoms with Crippen LogP contribution in [0.15, 0.2) is 24.3 Å². The van der Waals surface area contributed by atoms with Gasteiger partial charge >= 0.3 is 18.2 Å². The van der Waals surface area contributed by atoms with Crippen LogP contribution in [0.5, 0.6) is 5.75 Å². The summed E-state index contributed by atoms with van der Waals surface area (Å²) < 4.78 is 20.2. The van der Waals surface area contributed by atoms with Gasteiger partial charge in [0, 0.05) is 6.42 Å². The second kappa shape index (κ2) is 16.2. The van der Waals surface area contributed by atoms with E-state index in [1.54, 1.807) is 60.6 Å². The van der Waals surface area contributed by atoms with Gasteiger partial charge in [-0.15, -0.1) is 0 Å². The summed E-state index contributed by atoms with van der Waals surface area (Å²) in [6.45, 7) is 12.5. The normalized spacial score (nSPS) is 12.6. The van der Waals surface area contributed by atoms with Crippen molar-refractivity contribution >= 4 is 35.9 Å². The van der Waals surface area contributed by atoms with Crippen molar-refractivity contribution in [2.45, 2.75) is 85.1 Å². The number of amides is 4. The first kappa shape index (κ1) is 35.7. The Labute approximate surface area is 245 Å². The lowest BCUT2D eigenvalue weighted by atomic mass is 10.0. The summed E-state index contributed by atoms with van der Waals surface area (Å²) in [4.78, 5) is 73.1.